The Morgan fingerprint density at radius 2 is 1.85 bits per heavy atom. The maximum atomic E-state index is 8.69. The van der Waals surface area contributed by atoms with Crippen LogP contribution in [0.4, 0.5) is 5.69 Å². The molecule has 2 aromatic carbocycles. The Hall–Kier alpha value is -2.45. The monoisotopic (exact) mass is 264 g/mol. The first-order valence-corrected chi connectivity index (χ1v) is 6.80. The van der Waals surface area contributed by atoms with Gasteiger partial charge in [0, 0.05) is 23.7 Å². The summed E-state index contributed by atoms with van der Waals surface area (Å²) in [6, 6.07) is 18.6. The van der Waals surface area contributed by atoms with Crippen LogP contribution in [0.25, 0.3) is 10.4 Å². The van der Waals surface area contributed by atoms with Crippen LogP contribution in [0.5, 0.6) is 0 Å². The maximum Gasteiger partial charge on any atom is 0.0662 e. The largest absolute Gasteiger partial charge is 0.367 e. The molecule has 0 N–H and O–H groups in total. The van der Waals surface area contributed by atoms with Crippen molar-refractivity contribution in [1.29, 1.82) is 0 Å². The highest BCUT2D eigenvalue weighted by Gasteiger charge is 2.23. The van der Waals surface area contributed by atoms with Crippen LogP contribution in [0.2, 0.25) is 0 Å². The number of anilines is 1. The van der Waals surface area contributed by atoms with Crippen molar-refractivity contribution in [2.75, 3.05) is 11.4 Å². The highest BCUT2D eigenvalue weighted by atomic mass is 15.2. The van der Waals surface area contributed by atoms with Gasteiger partial charge in [-0.3, -0.25) is 0 Å². The maximum absolute atomic E-state index is 8.69. The predicted molar refractivity (Wildman–Crippen MR) is 80.4 cm³/mol. The fourth-order valence-corrected chi connectivity index (χ4v) is 2.76. The van der Waals surface area contributed by atoms with E-state index in [2.05, 4.69) is 51.3 Å². The molecule has 0 spiro atoms. The Bertz CT molecular complexity index is 632. The molecule has 0 saturated heterocycles. The van der Waals surface area contributed by atoms with Crippen LogP contribution in [0.3, 0.4) is 0 Å². The molecule has 0 fully saturated rings. The molecule has 0 bridgehead atoms. The number of rotatable bonds is 3. The number of nitrogens with zero attached hydrogens (tertiary/aromatic N) is 4. The van der Waals surface area contributed by atoms with E-state index < -0.39 is 0 Å². The van der Waals surface area contributed by atoms with E-state index >= 15 is 0 Å². The molecular formula is C16H16N4. The first-order chi connectivity index (χ1) is 9.88. The average molecular weight is 264 g/mol. The Labute approximate surface area is 118 Å². The topological polar surface area (TPSA) is 52.0 Å². The van der Waals surface area contributed by atoms with Crippen LogP contribution in [0.1, 0.15) is 23.6 Å². The van der Waals surface area contributed by atoms with Crippen LogP contribution in [-0.4, -0.2) is 6.54 Å². The lowest BCUT2D eigenvalue weighted by molar-refractivity contribution is 0.588. The minimum atomic E-state index is -0.0387. The van der Waals surface area contributed by atoms with E-state index in [-0.39, 0.29) is 6.04 Å². The first kappa shape index (κ1) is 12.6. The number of para-hydroxylation sites is 1. The third kappa shape index (κ3) is 2.46. The van der Waals surface area contributed by atoms with Gasteiger partial charge in [-0.2, -0.15) is 0 Å². The summed E-state index contributed by atoms with van der Waals surface area (Å²) in [6.07, 6.45) is 0.869. The average Bonchev–Trinajstić information content (AvgIpc) is 2.51. The normalized spacial score (nSPS) is 17.2. The van der Waals surface area contributed by atoms with Crippen LogP contribution < -0.4 is 4.90 Å². The number of hydrogen-bond donors (Lipinski definition) is 0. The second-order valence-corrected chi connectivity index (χ2v) is 4.98. The number of benzene rings is 2. The minimum absolute atomic E-state index is 0.0387. The van der Waals surface area contributed by atoms with Gasteiger partial charge in [0.2, 0.25) is 0 Å². The number of hydrogen-bond acceptors (Lipinski definition) is 2. The van der Waals surface area contributed by atoms with Crippen molar-refractivity contribution in [3.05, 3.63) is 76.2 Å². The Balaban J connectivity index is 1.91. The molecule has 1 aliphatic rings. The summed E-state index contributed by atoms with van der Waals surface area (Å²) in [4.78, 5) is 5.33. The molecule has 1 atom stereocenters. The standard InChI is InChI=1S/C16H16N4/c17-19-18-15-10-11-20(12-13-6-2-1-3-7-13)16-9-5-4-8-14(15)16/h1-9,15H,10-12H2. The molecule has 0 saturated carbocycles. The molecule has 4 heteroatoms. The van der Waals surface area contributed by atoms with Crippen LogP contribution >= 0.6 is 0 Å². The van der Waals surface area contributed by atoms with E-state index in [0.717, 1.165) is 25.1 Å². The molecule has 1 aliphatic heterocycles. The SMILES string of the molecule is [N-]=[N+]=NC1CCN(Cc2ccccc2)c2ccccc21. The zero-order valence-corrected chi connectivity index (χ0v) is 11.2. The summed E-state index contributed by atoms with van der Waals surface area (Å²) in [5, 5.41) is 3.92. The van der Waals surface area contributed by atoms with Crippen LogP contribution in [0.15, 0.2) is 59.7 Å². The molecule has 1 unspecified atom stereocenters. The van der Waals surface area contributed by atoms with E-state index in [1.54, 1.807) is 0 Å². The zero-order valence-electron chi connectivity index (χ0n) is 11.2. The molecule has 4 nitrogen and oxygen atoms in total. The van der Waals surface area contributed by atoms with E-state index in [0.29, 0.717) is 0 Å². The highest BCUT2D eigenvalue weighted by Crippen LogP contribution is 2.36. The van der Waals surface area contributed by atoms with E-state index in [9.17, 15) is 0 Å². The van der Waals surface area contributed by atoms with Crippen molar-refractivity contribution in [1.82, 2.24) is 0 Å². The molecule has 3 rings (SSSR count). The van der Waals surface area contributed by atoms with Gasteiger partial charge in [-0.1, -0.05) is 53.6 Å². The predicted octanol–water partition coefficient (Wildman–Crippen LogP) is 4.45. The lowest BCUT2D eigenvalue weighted by Crippen LogP contribution is -2.30. The van der Waals surface area contributed by atoms with Gasteiger partial charge in [0.15, 0.2) is 0 Å². The molecule has 0 aromatic heterocycles. The van der Waals surface area contributed by atoms with Gasteiger partial charge in [0.05, 0.1) is 6.04 Å². The molecular weight excluding hydrogens is 248 g/mol. The lowest BCUT2D eigenvalue weighted by atomic mass is 9.96. The molecule has 1 heterocycles. The fourth-order valence-electron chi connectivity index (χ4n) is 2.76. The summed E-state index contributed by atoms with van der Waals surface area (Å²) < 4.78 is 0. The number of azide groups is 1. The van der Waals surface area contributed by atoms with Crippen LogP contribution in [0, 0.1) is 0 Å². The molecule has 2 aromatic rings. The fraction of sp³-hybridized carbons (Fsp3) is 0.250. The first-order valence-electron chi connectivity index (χ1n) is 6.80. The second-order valence-electron chi connectivity index (χ2n) is 4.98. The van der Waals surface area contributed by atoms with Crippen molar-refractivity contribution in [3.63, 3.8) is 0 Å². The number of fused-ring (bicyclic) bond motifs is 1. The molecule has 0 amide bonds. The van der Waals surface area contributed by atoms with Gasteiger partial charge in [-0.05, 0) is 29.1 Å². The van der Waals surface area contributed by atoms with Gasteiger partial charge in [-0.25, -0.2) is 0 Å². The molecule has 20 heavy (non-hydrogen) atoms. The zero-order chi connectivity index (χ0) is 13.8. The summed E-state index contributed by atoms with van der Waals surface area (Å²) in [6.45, 7) is 1.80. The summed E-state index contributed by atoms with van der Waals surface area (Å²) in [7, 11) is 0. The van der Waals surface area contributed by atoms with E-state index in [1.807, 2.05) is 18.2 Å². The minimum Gasteiger partial charge on any atom is -0.367 e. The van der Waals surface area contributed by atoms with E-state index in [1.165, 1.54) is 11.3 Å². The Kier molecular flexibility index (Phi) is 3.57. The third-order valence-electron chi connectivity index (χ3n) is 3.72. The van der Waals surface area contributed by atoms with Crippen molar-refractivity contribution in [3.8, 4) is 0 Å². The van der Waals surface area contributed by atoms with Gasteiger partial charge in [0.25, 0.3) is 0 Å². The smallest absolute Gasteiger partial charge is 0.0662 e. The molecule has 0 aliphatic carbocycles. The van der Waals surface area contributed by atoms with Crippen LogP contribution in [-0.2, 0) is 6.54 Å². The van der Waals surface area contributed by atoms with Gasteiger partial charge in [0.1, 0.15) is 0 Å². The van der Waals surface area contributed by atoms with Crippen molar-refractivity contribution >= 4 is 5.69 Å². The van der Waals surface area contributed by atoms with Gasteiger partial charge >= 0.3 is 0 Å². The Morgan fingerprint density at radius 1 is 1.10 bits per heavy atom. The van der Waals surface area contributed by atoms with Gasteiger partial charge in [-0.15, -0.1) is 0 Å². The van der Waals surface area contributed by atoms with Crippen molar-refractivity contribution in [2.24, 2.45) is 5.11 Å². The van der Waals surface area contributed by atoms with Crippen molar-refractivity contribution in [2.45, 2.75) is 19.0 Å². The lowest BCUT2D eigenvalue weighted by Gasteiger charge is -2.34. The van der Waals surface area contributed by atoms with E-state index in [4.69, 9.17) is 5.53 Å². The van der Waals surface area contributed by atoms with Crippen molar-refractivity contribution < 1.29 is 0 Å². The quantitative estimate of drug-likeness (QED) is 0.459. The third-order valence-corrected chi connectivity index (χ3v) is 3.72. The Morgan fingerprint density at radius 3 is 2.65 bits per heavy atom. The summed E-state index contributed by atoms with van der Waals surface area (Å²) in [5.41, 5.74) is 12.3. The molecule has 100 valence electrons. The van der Waals surface area contributed by atoms with Gasteiger partial charge < -0.3 is 4.90 Å². The summed E-state index contributed by atoms with van der Waals surface area (Å²) >= 11 is 0. The second kappa shape index (κ2) is 5.68. The molecule has 0 radical (unpaired) electrons. The summed E-state index contributed by atoms with van der Waals surface area (Å²) in [5.74, 6) is 0. The highest BCUT2D eigenvalue weighted by molar-refractivity contribution is 5.57.